The number of amidine groups is 1. The van der Waals surface area contributed by atoms with Gasteiger partial charge in [-0.15, -0.1) is 0 Å². The van der Waals surface area contributed by atoms with Gasteiger partial charge in [-0.25, -0.2) is 14.7 Å². The molecule has 2 heterocycles. The molecule has 0 spiro atoms. The van der Waals surface area contributed by atoms with Gasteiger partial charge in [-0.3, -0.25) is 4.98 Å². The van der Waals surface area contributed by atoms with Crippen LogP contribution in [0.4, 0.5) is 0 Å². The lowest BCUT2D eigenvalue weighted by Gasteiger charge is -2.16. The monoisotopic (exact) mass is 454 g/mol. The summed E-state index contributed by atoms with van der Waals surface area (Å²) in [5.74, 6) is 1.53. The minimum atomic E-state index is 0.741. The fraction of sp³-hybridized carbons (Fsp3) is 0.154. The minimum absolute atomic E-state index is 0.741. The maximum absolute atomic E-state index is 5.04. The lowest BCUT2D eigenvalue weighted by Crippen LogP contribution is -2.24. The van der Waals surface area contributed by atoms with Crippen LogP contribution in [0.5, 0.6) is 0 Å². The number of pyridine rings is 1. The zero-order valence-corrected chi connectivity index (χ0v) is 20.0. The van der Waals surface area contributed by atoms with E-state index in [4.69, 9.17) is 4.99 Å². The van der Waals surface area contributed by atoms with Crippen LogP contribution < -0.4 is 0 Å². The van der Waals surface area contributed by atoms with Crippen molar-refractivity contribution in [3.05, 3.63) is 107 Å². The van der Waals surface area contributed by atoms with Crippen LogP contribution >= 0.6 is 11.8 Å². The number of aryl methyl sites for hydroxylation is 2. The summed E-state index contributed by atoms with van der Waals surface area (Å²) in [7, 11) is 3.96. The molecule has 0 aliphatic rings. The second-order valence-electron chi connectivity index (χ2n) is 7.76. The number of thioether (sulfide) groups is 1. The van der Waals surface area contributed by atoms with Crippen LogP contribution in [0.2, 0.25) is 0 Å². The van der Waals surface area contributed by atoms with Crippen LogP contribution in [0, 0.1) is 13.8 Å². The first kappa shape index (κ1) is 22.5. The molecule has 166 valence electrons. The van der Waals surface area contributed by atoms with E-state index >= 15 is 0 Å². The largest absolute Gasteiger partial charge is 0.361 e. The molecule has 2 aromatic carbocycles. The molecule has 0 bridgehead atoms. The summed E-state index contributed by atoms with van der Waals surface area (Å²) in [6.45, 7) is 3.97. The van der Waals surface area contributed by atoms with E-state index in [0.717, 1.165) is 39.2 Å². The summed E-state index contributed by atoms with van der Waals surface area (Å²) in [6, 6.07) is 22.5. The zero-order valence-electron chi connectivity index (χ0n) is 19.2. The van der Waals surface area contributed by atoms with Crippen LogP contribution in [-0.4, -0.2) is 44.6 Å². The van der Waals surface area contributed by atoms with E-state index < -0.39 is 0 Å². The molecule has 0 fully saturated rings. The summed E-state index contributed by atoms with van der Waals surface area (Å²) in [4.78, 5) is 16.9. The zero-order chi connectivity index (χ0) is 23.2. The molecule has 7 heteroatoms. The van der Waals surface area contributed by atoms with Gasteiger partial charge in [-0.2, -0.15) is 5.10 Å². The standard InChI is InChI=1S/C26H26N6S/c1-19-8-14-23(15-9-19)33-17-25(29-26(31(3)4)24-7-5-6-16-27-24)21-10-12-22(13-11-21)32-18-28-20(2)30-32/h5-18H,1-4H3/b25-17+,29-26-. The van der Waals surface area contributed by atoms with Crippen LogP contribution in [-0.2, 0) is 0 Å². The molecule has 0 N–H and O–H groups in total. The lowest BCUT2D eigenvalue weighted by atomic mass is 10.1. The van der Waals surface area contributed by atoms with E-state index in [1.54, 1.807) is 29.0 Å². The molecule has 0 saturated heterocycles. The third-order valence-corrected chi connectivity index (χ3v) is 5.79. The molecule has 0 radical (unpaired) electrons. The van der Waals surface area contributed by atoms with Crippen LogP contribution in [0.3, 0.4) is 0 Å². The van der Waals surface area contributed by atoms with Crippen LogP contribution in [0.25, 0.3) is 11.4 Å². The number of hydrogen-bond acceptors (Lipinski definition) is 5. The molecule has 0 atom stereocenters. The number of aliphatic imine (C=N–C) groups is 1. The third kappa shape index (κ3) is 5.75. The molecule has 0 aliphatic heterocycles. The quantitative estimate of drug-likeness (QED) is 0.222. The second-order valence-corrected chi connectivity index (χ2v) is 8.70. The Labute approximate surface area is 198 Å². The normalized spacial score (nSPS) is 12.1. The number of aromatic nitrogens is 4. The van der Waals surface area contributed by atoms with Gasteiger partial charge >= 0.3 is 0 Å². The molecule has 2 aromatic heterocycles. The highest BCUT2D eigenvalue weighted by molar-refractivity contribution is 8.02. The first-order valence-electron chi connectivity index (χ1n) is 10.6. The SMILES string of the molecule is Cc1ccc(S/C=C(/N=C(/c2ccccn2)N(C)C)c2ccc(-n3cnc(C)n3)cc2)cc1. The molecule has 0 saturated carbocycles. The van der Waals surface area contributed by atoms with Gasteiger partial charge in [0.05, 0.1) is 11.4 Å². The van der Waals surface area contributed by atoms with Crippen molar-refractivity contribution in [1.82, 2.24) is 24.6 Å². The maximum Gasteiger partial charge on any atom is 0.154 e. The highest BCUT2D eigenvalue weighted by Crippen LogP contribution is 2.27. The van der Waals surface area contributed by atoms with Gasteiger partial charge < -0.3 is 4.90 Å². The molecule has 6 nitrogen and oxygen atoms in total. The minimum Gasteiger partial charge on any atom is -0.361 e. The molecule has 0 amide bonds. The van der Waals surface area contributed by atoms with Crippen molar-refractivity contribution in [1.29, 1.82) is 0 Å². The van der Waals surface area contributed by atoms with Crippen molar-refractivity contribution in [2.24, 2.45) is 4.99 Å². The van der Waals surface area contributed by atoms with Crippen molar-refractivity contribution < 1.29 is 0 Å². The van der Waals surface area contributed by atoms with Crippen LogP contribution in [0.1, 0.15) is 22.6 Å². The third-order valence-electron chi connectivity index (χ3n) is 4.91. The first-order chi connectivity index (χ1) is 16.0. The first-order valence-corrected chi connectivity index (χ1v) is 11.5. The Bertz CT molecular complexity index is 1260. The Balaban J connectivity index is 1.73. The summed E-state index contributed by atoms with van der Waals surface area (Å²) >= 11 is 1.65. The van der Waals surface area contributed by atoms with Gasteiger partial charge in [0.25, 0.3) is 0 Å². The molecule has 4 aromatic rings. The molecule has 4 rings (SSSR count). The number of hydrogen-bond donors (Lipinski definition) is 0. The predicted octanol–water partition coefficient (Wildman–Crippen LogP) is 5.38. The Morgan fingerprint density at radius 3 is 2.30 bits per heavy atom. The molecular formula is C26H26N6S. The highest BCUT2D eigenvalue weighted by Gasteiger charge is 2.11. The second kappa shape index (κ2) is 10.3. The molecular weight excluding hydrogens is 428 g/mol. The van der Waals surface area contributed by atoms with Gasteiger partial charge in [0.1, 0.15) is 17.8 Å². The topological polar surface area (TPSA) is 59.2 Å². The van der Waals surface area contributed by atoms with Crippen LogP contribution in [0.15, 0.2) is 94.6 Å². The highest BCUT2D eigenvalue weighted by atomic mass is 32.2. The summed E-state index contributed by atoms with van der Waals surface area (Å²) in [5.41, 5.74) is 4.88. The molecule has 33 heavy (non-hydrogen) atoms. The Morgan fingerprint density at radius 2 is 1.70 bits per heavy atom. The fourth-order valence-electron chi connectivity index (χ4n) is 3.15. The van der Waals surface area contributed by atoms with Gasteiger partial charge in [-0.1, -0.05) is 47.7 Å². The number of nitrogens with zero attached hydrogens (tertiary/aromatic N) is 6. The maximum atomic E-state index is 5.04. The Hall–Kier alpha value is -3.71. The van der Waals surface area contributed by atoms with Crippen molar-refractivity contribution in [3.8, 4) is 5.69 Å². The van der Waals surface area contributed by atoms with Gasteiger partial charge in [-0.05, 0) is 50.2 Å². The molecule has 0 unspecified atom stereocenters. The van der Waals surface area contributed by atoms with E-state index in [9.17, 15) is 0 Å². The van der Waals surface area contributed by atoms with E-state index in [-0.39, 0.29) is 0 Å². The fourth-order valence-corrected chi connectivity index (χ4v) is 3.88. The van der Waals surface area contributed by atoms with Gasteiger partial charge in [0.15, 0.2) is 5.84 Å². The smallest absolute Gasteiger partial charge is 0.154 e. The summed E-state index contributed by atoms with van der Waals surface area (Å²) < 4.78 is 1.77. The van der Waals surface area contributed by atoms with Crippen molar-refractivity contribution in [3.63, 3.8) is 0 Å². The van der Waals surface area contributed by atoms with Gasteiger partial charge in [0.2, 0.25) is 0 Å². The summed E-state index contributed by atoms with van der Waals surface area (Å²) in [5, 5.41) is 6.48. The van der Waals surface area contributed by atoms with Crippen molar-refractivity contribution >= 4 is 23.3 Å². The van der Waals surface area contributed by atoms with E-state index in [2.05, 4.69) is 63.8 Å². The van der Waals surface area contributed by atoms with E-state index in [0.29, 0.717) is 0 Å². The van der Waals surface area contributed by atoms with Crippen molar-refractivity contribution in [2.45, 2.75) is 18.7 Å². The Kier molecular flexibility index (Phi) is 7.00. The average Bonchev–Trinajstić information content (AvgIpc) is 3.27. The Morgan fingerprint density at radius 1 is 0.939 bits per heavy atom. The van der Waals surface area contributed by atoms with Crippen molar-refractivity contribution in [2.75, 3.05) is 14.1 Å². The van der Waals surface area contributed by atoms with Gasteiger partial charge in [0, 0.05) is 36.2 Å². The average molecular weight is 455 g/mol. The van der Waals surface area contributed by atoms with E-state index in [1.807, 2.05) is 56.3 Å². The summed E-state index contributed by atoms with van der Waals surface area (Å²) in [6.07, 6.45) is 3.51. The predicted molar refractivity (Wildman–Crippen MR) is 136 cm³/mol. The van der Waals surface area contributed by atoms with E-state index in [1.165, 1.54) is 5.56 Å². The number of benzene rings is 2. The lowest BCUT2D eigenvalue weighted by molar-refractivity contribution is 0.622. The number of rotatable bonds is 6. The molecule has 0 aliphatic carbocycles.